The number of hydrogen-bond donors (Lipinski definition) is 0. The van der Waals surface area contributed by atoms with Gasteiger partial charge >= 0.3 is 0 Å². The number of carbonyl (C=O) groups is 3. The number of furan rings is 1. The number of anilines is 2. The Morgan fingerprint density at radius 1 is 1.04 bits per heavy atom. The van der Waals surface area contributed by atoms with Crippen molar-refractivity contribution in [2.24, 2.45) is 0 Å². The van der Waals surface area contributed by atoms with Crippen LogP contribution in [-0.2, 0) is 4.79 Å². The van der Waals surface area contributed by atoms with Crippen LogP contribution in [0.2, 0.25) is 0 Å². The minimum atomic E-state index is -0.285. The zero-order chi connectivity index (χ0) is 19.8. The van der Waals surface area contributed by atoms with Crippen LogP contribution in [0.3, 0.4) is 0 Å². The normalized spacial score (nSPS) is 18.9. The first-order valence-corrected chi connectivity index (χ1v) is 9.56. The molecule has 0 unspecified atom stereocenters. The Bertz CT molecular complexity index is 916. The third-order valence-electron chi connectivity index (χ3n) is 5.37. The van der Waals surface area contributed by atoms with Crippen LogP contribution in [0.5, 0.6) is 0 Å². The molecule has 28 heavy (non-hydrogen) atoms. The minimum absolute atomic E-state index is 0.0429. The molecule has 0 saturated carbocycles. The van der Waals surface area contributed by atoms with Crippen molar-refractivity contribution in [3.63, 3.8) is 0 Å². The Morgan fingerprint density at radius 3 is 2.43 bits per heavy atom. The average molecular weight is 381 g/mol. The number of nitrogens with zero attached hydrogens (tertiary/aromatic N) is 3. The smallest absolute Gasteiger partial charge is 0.294 e. The Kier molecular flexibility index (Phi) is 4.66. The topological polar surface area (TPSA) is 74.1 Å². The summed E-state index contributed by atoms with van der Waals surface area (Å²) in [5.74, 6) is -0.200. The van der Waals surface area contributed by atoms with E-state index in [0.717, 1.165) is 25.9 Å². The van der Waals surface area contributed by atoms with Crippen molar-refractivity contribution in [2.75, 3.05) is 29.4 Å². The minimum Gasteiger partial charge on any atom is -0.459 e. The quantitative estimate of drug-likeness (QED) is 0.802. The van der Waals surface area contributed by atoms with Gasteiger partial charge in [0.25, 0.3) is 11.8 Å². The van der Waals surface area contributed by atoms with Crippen LogP contribution in [0.4, 0.5) is 11.4 Å². The van der Waals surface area contributed by atoms with Crippen molar-refractivity contribution in [3.05, 3.63) is 47.9 Å². The van der Waals surface area contributed by atoms with Crippen LogP contribution in [-0.4, -0.2) is 48.3 Å². The predicted octanol–water partition coefficient (Wildman–Crippen LogP) is 2.92. The molecule has 1 aromatic carbocycles. The molecule has 0 N–H and O–H groups in total. The zero-order valence-corrected chi connectivity index (χ0v) is 16.1. The molecule has 2 aromatic rings. The fourth-order valence-corrected chi connectivity index (χ4v) is 4.07. The van der Waals surface area contributed by atoms with Gasteiger partial charge in [0, 0.05) is 32.1 Å². The van der Waals surface area contributed by atoms with E-state index in [9.17, 15) is 14.4 Å². The molecule has 7 nitrogen and oxygen atoms in total. The van der Waals surface area contributed by atoms with Gasteiger partial charge in [-0.25, -0.2) is 0 Å². The van der Waals surface area contributed by atoms with Gasteiger partial charge in [-0.05, 0) is 50.1 Å². The molecule has 3 amide bonds. The molecule has 3 heterocycles. The van der Waals surface area contributed by atoms with E-state index >= 15 is 0 Å². The third kappa shape index (κ3) is 3.06. The summed E-state index contributed by atoms with van der Waals surface area (Å²) in [4.78, 5) is 43.2. The lowest BCUT2D eigenvalue weighted by atomic mass is 10.0. The van der Waals surface area contributed by atoms with Gasteiger partial charge in [0.05, 0.1) is 23.7 Å². The van der Waals surface area contributed by atoms with Gasteiger partial charge in [0.1, 0.15) is 0 Å². The summed E-state index contributed by atoms with van der Waals surface area (Å²) >= 11 is 0. The largest absolute Gasteiger partial charge is 0.459 e. The molecule has 4 rings (SSSR count). The fraction of sp³-hybridized carbons (Fsp3) is 0.381. The van der Waals surface area contributed by atoms with E-state index in [2.05, 4.69) is 0 Å². The maximum atomic E-state index is 13.0. The van der Waals surface area contributed by atoms with Gasteiger partial charge in [-0.3, -0.25) is 14.4 Å². The Balaban J connectivity index is 1.77. The summed E-state index contributed by atoms with van der Waals surface area (Å²) in [6.45, 7) is 5.24. The number of hydrogen-bond acceptors (Lipinski definition) is 4. The second kappa shape index (κ2) is 7.14. The molecule has 0 bridgehead atoms. The molecule has 1 atom stereocenters. The number of amides is 3. The lowest BCUT2D eigenvalue weighted by Gasteiger charge is -2.40. The lowest BCUT2D eigenvalue weighted by Crippen LogP contribution is -2.51. The summed E-state index contributed by atoms with van der Waals surface area (Å²) in [5.41, 5.74) is 1.71. The fourth-order valence-electron chi connectivity index (χ4n) is 4.07. The van der Waals surface area contributed by atoms with E-state index in [1.165, 1.54) is 13.2 Å². The maximum Gasteiger partial charge on any atom is 0.294 e. The highest BCUT2D eigenvalue weighted by molar-refractivity contribution is 6.10. The van der Waals surface area contributed by atoms with Crippen LogP contribution in [0.1, 0.15) is 47.6 Å². The highest BCUT2D eigenvalue weighted by Gasteiger charge is 2.35. The summed E-state index contributed by atoms with van der Waals surface area (Å²) in [7, 11) is 0. The van der Waals surface area contributed by atoms with Gasteiger partial charge in [0.2, 0.25) is 5.91 Å². The van der Waals surface area contributed by atoms with E-state index in [4.69, 9.17) is 4.42 Å². The predicted molar refractivity (Wildman–Crippen MR) is 105 cm³/mol. The van der Waals surface area contributed by atoms with E-state index in [-0.39, 0.29) is 29.5 Å². The Morgan fingerprint density at radius 2 is 1.79 bits per heavy atom. The summed E-state index contributed by atoms with van der Waals surface area (Å²) in [5, 5.41) is 0. The molecule has 0 aliphatic carbocycles. The molecule has 146 valence electrons. The van der Waals surface area contributed by atoms with Crippen LogP contribution in [0.25, 0.3) is 0 Å². The number of benzene rings is 1. The summed E-state index contributed by atoms with van der Waals surface area (Å²) in [6, 6.07) is 8.31. The first kappa shape index (κ1) is 18.3. The molecule has 1 saturated heterocycles. The second-order valence-electron chi connectivity index (χ2n) is 7.33. The monoisotopic (exact) mass is 381 g/mol. The van der Waals surface area contributed by atoms with Crippen molar-refractivity contribution in [3.8, 4) is 0 Å². The van der Waals surface area contributed by atoms with Gasteiger partial charge in [0.15, 0.2) is 5.76 Å². The van der Waals surface area contributed by atoms with Crippen molar-refractivity contribution < 1.29 is 18.8 Å². The summed E-state index contributed by atoms with van der Waals surface area (Å²) in [6.07, 6.45) is 3.47. The van der Waals surface area contributed by atoms with Crippen molar-refractivity contribution in [1.82, 2.24) is 4.90 Å². The summed E-state index contributed by atoms with van der Waals surface area (Å²) < 4.78 is 5.29. The molecule has 0 radical (unpaired) electrons. The molecular weight excluding hydrogens is 358 g/mol. The van der Waals surface area contributed by atoms with Crippen molar-refractivity contribution in [2.45, 2.75) is 32.7 Å². The average Bonchev–Trinajstić information content (AvgIpc) is 3.39. The standard InChI is InChI=1S/C21H23N3O4/c1-14-13-23(21(27)19-6-5-11-28-19)18-12-16(20(26)22-9-3-4-10-22)7-8-17(18)24(14)15(2)25/h5-8,11-12,14H,3-4,9-10,13H2,1-2H3/t14-/m0/s1. The van der Waals surface area contributed by atoms with Crippen molar-refractivity contribution >= 4 is 29.1 Å². The first-order valence-electron chi connectivity index (χ1n) is 9.56. The second-order valence-corrected chi connectivity index (χ2v) is 7.33. The number of carbonyl (C=O) groups excluding carboxylic acids is 3. The van der Waals surface area contributed by atoms with E-state index in [1.54, 1.807) is 40.1 Å². The highest BCUT2D eigenvalue weighted by Crippen LogP contribution is 2.37. The van der Waals surface area contributed by atoms with Crippen LogP contribution in [0.15, 0.2) is 41.0 Å². The first-order chi connectivity index (χ1) is 13.5. The van der Waals surface area contributed by atoms with E-state index in [0.29, 0.717) is 23.5 Å². The highest BCUT2D eigenvalue weighted by atomic mass is 16.3. The molecule has 1 fully saturated rings. The van der Waals surface area contributed by atoms with Gasteiger partial charge in [-0.1, -0.05) is 0 Å². The third-order valence-corrected chi connectivity index (χ3v) is 5.37. The van der Waals surface area contributed by atoms with Gasteiger partial charge in [-0.15, -0.1) is 0 Å². The molecule has 2 aliphatic heterocycles. The molecule has 0 spiro atoms. The van der Waals surface area contributed by atoms with Crippen LogP contribution < -0.4 is 9.80 Å². The van der Waals surface area contributed by atoms with Crippen molar-refractivity contribution in [1.29, 1.82) is 0 Å². The number of likely N-dealkylation sites (tertiary alicyclic amines) is 1. The zero-order valence-electron chi connectivity index (χ0n) is 16.1. The molecule has 1 aromatic heterocycles. The Hall–Kier alpha value is -3.09. The molecule has 7 heteroatoms. The van der Waals surface area contributed by atoms with Gasteiger partial charge < -0.3 is 19.1 Å². The number of fused-ring (bicyclic) bond motifs is 1. The SMILES string of the molecule is CC(=O)N1c2ccc(C(=O)N3CCCC3)cc2N(C(=O)c2ccco2)C[C@@H]1C. The lowest BCUT2D eigenvalue weighted by molar-refractivity contribution is -0.117. The van der Waals surface area contributed by atoms with Gasteiger partial charge in [-0.2, -0.15) is 0 Å². The Labute approximate surface area is 163 Å². The number of rotatable bonds is 2. The molecular formula is C21H23N3O4. The van der Waals surface area contributed by atoms with E-state index in [1.807, 2.05) is 11.8 Å². The van der Waals surface area contributed by atoms with E-state index < -0.39 is 0 Å². The maximum absolute atomic E-state index is 13.0. The van der Waals surface area contributed by atoms with Crippen LogP contribution >= 0.6 is 0 Å². The van der Waals surface area contributed by atoms with Crippen LogP contribution in [0, 0.1) is 0 Å². The molecule has 2 aliphatic rings.